The summed E-state index contributed by atoms with van der Waals surface area (Å²) in [7, 11) is 3.63. The fourth-order valence-electron chi connectivity index (χ4n) is 2.04. The van der Waals surface area contributed by atoms with Crippen LogP contribution in [0.1, 0.15) is 22.0 Å². The van der Waals surface area contributed by atoms with Gasteiger partial charge in [0.1, 0.15) is 10.1 Å². The average molecular weight is 361 g/mol. The molecule has 2 nitrogen and oxygen atoms in total. The third-order valence-electron chi connectivity index (χ3n) is 2.93. The molecule has 0 radical (unpaired) electrons. The second-order valence-electron chi connectivity index (χ2n) is 4.24. The van der Waals surface area contributed by atoms with Gasteiger partial charge in [-0.05, 0) is 42.0 Å². The first-order chi connectivity index (χ1) is 9.06. The van der Waals surface area contributed by atoms with Crippen molar-refractivity contribution in [2.75, 3.05) is 14.2 Å². The number of hydrogen-bond acceptors (Lipinski definition) is 3. The van der Waals surface area contributed by atoms with Gasteiger partial charge in [0.15, 0.2) is 0 Å². The fourth-order valence-corrected chi connectivity index (χ4v) is 3.90. The number of ether oxygens (including phenoxy) is 1. The lowest BCUT2D eigenvalue weighted by Gasteiger charge is -2.18. The molecule has 1 unspecified atom stereocenters. The van der Waals surface area contributed by atoms with Crippen LogP contribution in [0.15, 0.2) is 28.7 Å². The molecule has 0 aliphatic heterocycles. The van der Waals surface area contributed by atoms with Crippen molar-refractivity contribution in [3.8, 4) is 5.75 Å². The van der Waals surface area contributed by atoms with E-state index in [2.05, 4.69) is 40.3 Å². The predicted molar refractivity (Wildman–Crippen MR) is 85.7 cm³/mol. The van der Waals surface area contributed by atoms with Gasteiger partial charge < -0.3 is 10.1 Å². The quantitative estimate of drug-likeness (QED) is 0.846. The van der Waals surface area contributed by atoms with Crippen molar-refractivity contribution >= 4 is 38.9 Å². The summed E-state index contributed by atoms with van der Waals surface area (Å²) in [5.41, 5.74) is 2.33. The van der Waals surface area contributed by atoms with Crippen molar-refractivity contribution in [2.24, 2.45) is 0 Å². The van der Waals surface area contributed by atoms with Crippen LogP contribution in [0, 0.1) is 6.92 Å². The molecular formula is C14H15BrClNOS. The molecule has 0 saturated carbocycles. The molecule has 1 aromatic heterocycles. The Hall–Kier alpha value is -0.550. The van der Waals surface area contributed by atoms with E-state index in [1.54, 1.807) is 18.4 Å². The number of benzene rings is 1. The van der Waals surface area contributed by atoms with Crippen molar-refractivity contribution < 1.29 is 4.74 Å². The van der Waals surface area contributed by atoms with E-state index in [0.717, 1.165) is 25.0 Å². The van der Waals surface area contributed by atoms with Gasteiger partial charge in [0.2, 0.25) is 0 Å². The molecule has 1 atom stereocenters. The molecule has 0 fully saturated rings. The highest BCUT2D eigenvalue weighted by molar-refractivity contribution is 9.10. The number of halogens is 2. The summed E-state index contributed by atoms with van der Waals surface area (Å²) in [5, 5.41) is 3.33. The molecule has 19 heavy (non-hydrogen) atoms. The Morgan fingerprint density at radius 3 is 2.63 bits per heavy atom. The van der Waals surface area contributed by atoms with Crippen molar-refractivity contribution in [3.63, 3.8) is 0 Å². The number of methoxy groups -OCH3 is 1. The maximum absolute atomic E-state index is 6.14. The topological polar surface area (TPSA) is 21.3 Å². The van der Waals surface area contributed by atoms with Crippen LogP contribution in [0.5, 0.6) is 5.75 Å². The summed E-state index contributed by atoms with van der Waals surface area (Å²) >= 11 is 11.2. The zero-order valence-corrected chi connectivity index (χ0v) is 14.1. The van der Waals surface area contributed by atoms with Gasteiger partial charge >= 0.3 is 0 Å². The van der Waals surface area contributed by atoms with Crippen LogP contribution in [-0.4, -0.2) is 14.2 Å². The highest BCUT2D eigenvalue weighted by Crippen LogP contribution is 2.39. The Labute approximate surface area is 130 Å². The van der Waals surface area contributed by atoms with Crippen molar-refractivity contribution in [1.29, 1.82) is 0 Å². The molecule has 1 N–H and O–H groups in total. The third kappa shape index (κ3) is 3.14. The van der Waals surface area contributed by atoms with Crippen LogP contribution >= 0.6 is 38.9 Å². The first-order valence-electron chi connectivity index (χ1n) is 5.83. The SMILES string of the molecule is CNC(c1cc(Br)c(Cl)s1)c1cc(C)ccc1OC. The number of nitrogens with one attached hydrogen (secondary N) is 1. The fraction of sp³-hybridized carbons (Fsp3) is 0.286. The molecule has 0 spiro atoms. The van der Waals surface area contributed by atoms with Crippen LogP contribution in [0.3, 0.4) is 0 Å². The van der Waals surface area contributed by atoms with E-state index in [9.17, 15) is 0 Å². The summed E-state index contributed by atoms with van der Waals surface area (Å²) < 4.78 is 7.16. The highest BCUT2D eigenvalue weighted by atomic mass is 79.9. The van der Waals surface area contributed by atoms with E-state index in [-0.39, 0.29) is 6.04 Å². The zero-order chi connectivity index (χ0) is 14.0. The summed E-state index contributed by atoms with van der Waals surface area (Å²) in [4.78, 5) is 1.16. The van der Waals surface area contributed by atoms with Gasteiger partial charge in [0.05, 0.1) is 13.2 Å². The Balaban J connectivity index is 2.50. The minimum Gasteiger partial charge on any atom is -0.496 e. The third-order valence-corrected chi connectivity index (χ3v) is 5.47. The molecule has 102 valence electrons. The Morgan fingerprint density at radius 2 is 2.11 bits per heavy atom. The Kier molecular flexibility index (Phi) is 4.90. The normalized spacial score (nSPS) is 12.5. The van der Waals surface area contributed by atoms with Gasteiger partial charge in [-0.15, -0.1) is 11.3 Å². The molecule has 1 heterocycles. The van der Waals surface area contributed by atoms with Crippen molar-refractivity contribution in [1.82, 2.24) is 5.32 Å². The van der Waals surface area contributed by atoms with Crippen LogP contribution < -0.4 is 10.1 Å². The van der Waals surface area contributed by atoms with Crippen molar-refractivity contribution in [3.05, 3.63) is 49.1 Å². The first kappa shape index (κ1) is 14.9. The summed E-state index contributed by atoms with van der Waals surface area (Å²) in [6.45, 7) is 2.08. The monoisotopic (exact) mass is 359 g/mol. The van der Waals surface area contributed by atoms with E-state index < -0.39 is 0 Å². The number of rotatable bonds is 4. The second-order valence-corrected chi connectivity index (χ2v) is 6.78. The summed E-state index contributed by atoms with van der Waals surface area (Å²) in [5.74, 6) is 0.880. The maximum atomic E-state index is 6.14. The standard InChI is InChI=1S/C14H15BrClNOS/c1-8-4-5-11(18-3)9(6-8)13(17-2)12-7-10(15)14(16)19-12/h4-7,13,17H,1-3H3. The highest BCUT2D eigenvalue weighted by Gasteiger charge is 2.20. The van der Waals surface area contributed by atoms with E-state index in [1.807, 2.05) is 19.2 Å². The lowest BCUT2D eigenvalue weighted by Crippen LogP contribution is -2.17. The molecule has 0 saturated heterocycles. The lowest BCUT2D eigenvalue weighted by molar-refractivity contribution is 0.405. The number of hydrogen-bond donors (Lipinski definition) is 1. The minimum atomic E-state index is 0.0728. The summed E-state index contributed by atoms with van der Waals surface area (Å²) in [6.07, 6.45) is 0. The smallest absolute Gasteiger partial charge is 0.124 e. The van der Waals surface area contributed by atoms with Crippen LogP contribution in [0.25, 0.3) is 0 Å². The molecule has 0 bridgehead atoms. The zero-order valence-electron chi connectivity index (χ0n) is 11.0. The van der Waals surface area contributed by atoms with E-state index >= 15 is 0 Å². The Morgan fingerprint density at radius 1 is 1.37 bits per heavy atom. The molecular weight excluding hydrogens is 346 g/mol. The lowest BCUT2D eigenvalue weighted by atomic mass is 10.0. The molecule has 0 aliphatic rings. The first-order valence-corrected chi connectivity index (χ1v) is 7.82. The second kappa shape index (κ2) is 6.27. The van der Waals surface area contributed by atoms with Crippen molar-refractivity contribution in [2.45, 2.75) is 13.0 Å². The van der Waals surface area contributed by atoms with E-state index in [0.29, 0.717) is 0 Å². The Bertz CT molecular complexity index is 565. The molecule has 5 heteroatoms. The van der Waals surface area contributed by atoms with Gasteiger partial charge in [-0.2, -0.15) is 0 Å². The molecule has 0 amide bonds. The number of aryl methyl sites for hydroxylation is 1. The van der Waals surface area contributed by atoms with Gasteiger partial charge in [0, 0.05) is 14.9 Å². The van der Waals surface area contributed by atoms with E-state index in [1.165, 1.54) is 5.56 Å². The van der Waals surface area contributed by atoms with Gasteiger partial charge in [-0.1, -0.05) is 29.3 Å². The van der Waals surface area contributed by atoms with Gasteiger partial charge in [0.25, 0.3) is 0 Å². The summed E-state index contributed by atoms with van der Waals surface area (Å²) in [6, 6.07) is 8.31. The minimum absolute atomic E-state index is 0.0728. The van der Waals surface area contributed by atoms with Gasteiger partial charge in [-0.25, -0.2) is 0 Å². The van der Waals surface area contributed by atoms with Crippen LogP contribution in [0.2, 0.25) is 4.34 Å². The average Bonchev–Trinajstić information content (AvgIpc) is 2.70. The van der Waals surface area contributed by atoms with Crippen LogP contribution in [0.4, 0.5) is 0 Å². The maximum Gasteiger partial charge on any atom is 0.124 e. The van der Waals surface area contributed by atoms with Gasteiger partial charge in [-0.3, -0.25) is 0 Å². The van der Waals surface area contributed by atoms with E-state index in [4.69, 9.17) is 16.3 Å². The molecule has 2 rings (SSSR count). The predicted octanol–water partition coefficient (Wildman–Crippen LogP) is 4.79. The van der Waals surface area contributed by atoms with Crippen LogP contribution in [-0.2, 0) is 0 Å². The largest absolute Gasteiger partial charge is 0.496 e. The molecule has 1 aromatic carbocycles. The molecule has 0 aliphatic carbocycles. The number of thiophene rings is 1. The molecule has 2 aromatic rings.